The highest BCUT2D eigenvalue weighted by atomic mass is 79.9. The summed E-state index contributed by atoms with van der Waals surface area (Å²) in [5.74, 6) is -0.211. The van der Waals surface area contributed by atoms with E-state index >= 15 is 0 Å². The lowest BCUT2D eigenvalue weighted by Gasteiger charge is -2.33. The van der Waals surface area contributed by atoms with E-state index < -0.39 is 11.6 Å². The molecule has 36 heavy (non-hydrogen) atoms. The van der Waals surface area contributed by atoms with E-state index in [1.807, 2.05) is 63.2 Å². The van der Waals surface area contributed by atoms with Gasteiger partial charge in [-0.3, -0.25) is 9.59 Å². The first-order valence-corrected chi connectivity index (χ1v) is 13.0. The molecular weight excluding hydrogens is 563 g/mol. The molecule has 0 fully saturated rings. The Kier molecular flexibility index (Phi) is 9.83. The normalized spacial score (nSPS) is 12.1. The Morgan fingerprint density at radius 3 is 2.31 bits per heavy atom. The molecule has 0 saturated carbocycles. The molecule has 1 atom stereocenters. The fraction of sp³-hybridized carbons (Fsp3) is 0.286. The molecule has 0 spiro atoms. The van der Waals surface area contributed by atoms with E-state index in [-0.39, 0.29) is 25.0 Å². The van der Waals surface area contributed by atoms with Gasteiger partial charge in [-0.05, 0) is 62.2 Å². The Morgan fingerprint density at radius 1 is 0.972 bits per heavy atom. The fourth-order valence-electron chi connectivity index (χ4n) is 3.65. The van der Waals surface area contributed by atoms with Gasteiger partial charge in [-0.1, -0.05) is 81.6 Å². The molecule has 2 amide bonds. The van der Waals surface area contributed by atoms with E-state index in [2.05, 4.69) is 21.2 Å². The highest BCUT2D eigenvalue weighted by Gasteiger charge is 2.32. The van der Waals surface area contributed by atoms with Gasteiger partial charge in [0, 0.05) is 28.0 Å². The van der Waals surface area contributed by atoms with Gasteiger partial charge in [0.2, 0.25) is 5.91 Å². The minimum atomic E-state index is -0.776. The Balaban J connectivity index is 1.94. The number of ether oxygens (including phenoxy) is 1. The number of rotatable bonds is 9. The molecule has 0 saturated heterocycles. The van der Waals surface area contributed by atoms with Gasteiger partial charge in [0.15, 0.2) is 6.61 Å². The first-order valence-electron chi connectivity index (χ1n) is 11.5. The van der Waals surface area contributed by atoms with Gasteiger partial charge in [-0.15, -0.1) is 0 Å². The van der Waals surface area contributed by atoms with Crippen LogP contribution in [-0.2, 0) is 22.6 Å². The number of hydrogen-bond acceptors (Lipinski definition) is 3. The highest BCUT2D eigenvalue weighted by molar-refractivity contribution is 9.10. The number of benzene rings is 3. The molecule has 3 aromatic rings. The lowest BCUT2D eigenvalue weighted by Crippen LogP contribution is -2.55. The van der Waals surface area contributed by atoms with Crippen molar-refractivity contribution in [3.63, 3.8) is 0 Å². The highest BCUT2D eigenvalue weighted by Crippen LogP contribution is 2.28. The maximum absolute atomic E-state index is 13.6. The van der Waals surface area contributed by atoms with Crippen molar-refractivity contribution >= 4 is 50.9 Å². The zero-order valence-corrected chi connectivity index (χ0v) is 23.5. The Morgan fingerprint density at radius 2 is 1.67 bits per heavy atom. The van der Waals surface area contributed by atoms with Crippen LogP contribution < -0.4 is 10.1 Å². The number of carbonyl (C=O) groups is 2. The van der Waals surface area contributed by atoms with Crippen LogP contribution in [0.4, 0.5) is 0 Å². The molecule has 3 aromatic carbocycles. The number of amides is 2. The molecular formula is C28H29BrCl2N2O3. The molecule has 0 aliphatic heterocycles. The van der Waals surface area contributed by atoms with Crippen LogP contribution >= 0.6 is 39.1 Å². The third-order valence-corrected chi connectivity index (χ3v) is 6.28. The van der Waals surface area contributed by atoms with Crippen LogP contribution in [0.5, 0.6) is 5.75 Å². The smallest absolute Gasteiger partial charge is 0.261 e. The molecule has 190 valence electrons. The molecule has 8 heteroatoms. The third kappa shape index (κ3) is 8.54. The fourth-order valence-corrected chi connectivity index (χ4v) is 4.59. The Labute approximate surface area is 230 Å². The van der Waals surface area contributed by atoms with Crippen LogP contribution in [0.25, 0.3) is 0 Å². The molecule has 0 unspecified atom stereocenters. The summed E-state index contributed by atoms with van der Waals surface area (Å²) in [5, 5.41) is 3.97. The molecule has 3 rings (SSSR count). The lowest BCUT2D eigenvalue weighted by atomic mass is 10.0. The average molecular weight is 592 g/mol. The summed E-state index contributed by atoms with van der Waals surface area (Å²) in [6, 6.07) is 21.3. The summed E-state index contributed by atoms with van der Waals surface area (Å²) < 4.78 is 6.58. The van der Waals surface area contributed by atoms with Crippen molar-refractivity contribution in [3.8, 4) is 5.75 Å². The predicted molar refractivity (Wildman–Crippen MR) is 148 cm³/mol. The largest absolute Gasteiger partial charge is 0.482 e. The van der Waals surface area contributed by atoms with Gasteiger partial charge >= 0.3 is 0 Å². The summed E-state index contributed by atoms with van der Waals surface area (Å²) in [4.78, 5) is 28.7. The van der Waals surface area contributed by atoms with Gasteiger partial charge in [-0.25, -0.2) is 0 Å². The van der Waals surface area contributed by atoms with Crippen molar-refractivity contribution < 1.29 is 14.3 Å². The first-order chi connectivity index (χ1) is 17.0. The van der Waals surface area contributed by atoms with Crippen LogP contribution in [0.1, 0.15) is 31.9 Å². The van der Waals surface area contributed by atoms with Gasteiger partial charge in [0.1, 0.15) is 11.8 Å². The second-order valence-electron chi connectivity index (χ2n) is 9.46. The number of halogens is 3. The molecule has 0 aliphatic rings. The van der Waals surface area contributed by atoms with Crippen LogP contribution in [0.15, 0.2) is 77.3 Å². The second kappa shape index (κ2) is 12.6. The molecule has 0 bridgehead atoms. The third-order valence-electron chi connectivity index (χ3n) is 5.26. The molecule has 0 heterocycles. The Hall–Kier alpha value is -2.54. The molecule has 0 aliphatic carbocycles. The second-order valence-corrected chi connectivity index (χ2v) is 11.2. The monoisotopic (exact) mass is 590 g/mol. The molecule has 0 aromatic heterocycles. The minimum Gasteiger partial charge on any atom is -0.482 e. The van der Waals surface area contributed by atoms with E-state index in [0.29, 0.717) is 22.2 Å². The van der Waals surface area contributed by atoms with Crippen LogP contribution in [0.3, 0.4) is 0 Å². The Bertz CT molecular complexity index is 1200. The SMILES string of the molecule is CC(C)(C)NC(=O)[C@H](Cc1ccccc1)N(Cc1cccc(Cl)c1)C(=O)COc1ccc(Br)cc1Cl. The summed E-state index contributed by atoms with van der Waals surface area (Å²) in [5.41, 5.74) is 1.27. The van der Waals surface area contributed by atoms with Gasteiger partial charge < -0.3 is 15.0 Å². The van der Waals surface area contributed by atoms with Crippen molar-refractivity contribution in [3.05, 3.63) is 98.4 Å². The van der Waals surface area contributed by atoms with Crippen molar-refractivity contribution in [2.75, 3.05) is 6.61 Å². The number of nitrogens with one attached hydrogen (secondary N) is 1. The van der Waals surface area contributed by atoms with Crippen molar-refractivity contribution in [2.45, 2.75) is 45.3 Å². The summed E-state index contributed by atoms with van der Waals surface area (Å²) >= 11 is 15.8. The topological polar surface area (TPSA) is 58.6 Å². The average Bonchev–Trinajstić information content (AvgIpc) is 2.80. The minimum absolute atomic E-state index is 0.186. The van der Waals surface area contributed by atoms with E-state index in [1.165, 1.54) is 0 Å². The summed E-state index contributed by atoms with van der Waals surface area (Å²) in [6.07, 6.45) is 0.341. The molecule has 5 nitrogen and oxygen atoms in total. The van der Waals surface area contributed by atoms with Gasteiger partial charge in [0.05, 0.1) is 5.02 Å². The number of nitrogens with zero attached hydrogens (tertiary/aromatic N) is 1. The molecule has 1 N–H and O–H groups in total. The van der Waals surface area contributed by atoms with Crippen LogP contribution in [0.2, 0.25) is 10.0 Å². The molecule has 0 radical (unpaired) electrons. The zero-order valence-electron chi connectivity index (χ0n) is 20.4. The van der Waals surface area contributed by atoms with Crippen LogP contribution in [0, 0.1) is 0 Å². The van der Waals surface area contributed by atoms with Crippen molar-refractivity contribution in [1.82, 2.24) is 10.2 Å². The van der Waals surface area contributed by atoms with Crippen molar-refractivity contribution in [1.29, 1.82) is 0 Å². The maximum atomic E-state index is 13.6. The predicted octanol–water partition coefficient (Wildman–Crippen LogP) is 6.69. The van der Waals surface area contributed by atoms with Crippen LogP contribution in [-0.4, -0.2) is 34.9 Å². The van der Waals surface area contributed by atoms with E-state index in [1.54, 1.807) is 35.2 Å². The van der Waals surface area contributed by atoms with Gasteiger partial charge in [-0.2, -0.15) is 0 Å². The lowest BCUT2D eigenvalue weighted by molar-refractivity contribution is -0.143. The van der Waals surface area contributed by atoms with Crippen molar-refractivity contribution in [2.24, 2.45) is 0 Å². The summed E-state index contributed by atoms with van der Waals surface area (Å²) in [7, 11) is 0. The first kappa shape index (κ1) is 28.0. The number of hydrogen-bond donors (Lipinski definition) is 1. The standard InChI is InChI=1S/C28H29BrCl2N2O3/c1-28(2,3)32-27(35)24(15-19-8-5-4-6-9-19)33(17-20-10-7-11-22(30)14-20)26(34)18-36-25-13-12-21(29)16-23(25)31/h4-14,16,24H,15,17-18H2,1-3H3,(H,32,35)/t24-/m0/s1. The van der Waals surface area contributed by atoms with E-state index in [4.69, 9.17) is 27.9 Å². The van der Waals surface area contributed by atoms with E-state index in [9.17, 15) is 9.59 Å². The number of carbonyl (C=O) groups excluding carboxylic acids is 2. The summed E-state index contributed by atoms with van der Waals surface area (Å²) in [6.45, 7) is 5.63. The van der Waals surface area contributed by atoms with E-state index in [0.717, 1.165) is 15.6 Å². The van der Waals surface area contributed by atoms with Gasteiger partial charge in [0.25, 0.3) is 5.91 Å². The maximum Gasteiger partial charge on any atom is 0.261 e. The quantitative estimate of drug-likeness (QED) is 0.302. The zero-order chi connectivity index (χ0) is 26.3.